The van der Waals surface area contributed by atoms with Crippen molar-refractivity contribution >= 4 is 43.5 Å². The third-order valence-electron chi connectivity index (χ3n) is 5.46. The van der Waals surface area contributed by atoms with Crippen LogP contribution in [0.1, 0.15) is 10.5 Å². The Balaban J connectivity index is 1.58. The van der Waals surface area contributed by atoms with Crippen LogP contribution in [0.5, 0.6) is 0 Å². The third kappa shape index (κ3) is 3.67. The van der Waals surface area contributed by atoms with E-state index in [2.05, 4.69) is 20.2 Å². The first-order chi connectivity index (χ1) is 16.7. The normalized spacial score (nSPS) is 11.8. The highest BCUT2D eigenvalue weighted by Crippen LogP contribution is 2.36. The van der Waals surface area contributed by atoms with E-state index >= 15 is 8.78 Å². The van der Waals surface area contributed by atoms with Gasteiger partial charge in [-0.1, -0.05) is 6.07 Å². The lowest BCUT2D eigenvalue weighted by Crippen LogP contribution is -2.18. The third-order valence-corrected chi connectivity index (χ3v) is 6.83. The summed E-state index contributed by atoms with van der Waals surface area (Å²) in [7, 11) is -2.92. The summed E-state index contributed by atoms with van der Waals surface area (Å²) in [4.78, 5) is 11.7. The molecule has 2 heterocycles. The van der Waals surface area contributed by atoms with Gasteiger partial charge in [0.25, 0.3) is 15.9 Å². The number of nitrogens with zero attached hydrogens (tertiary/aromatic N) is 1. The standard InChI is InChI=1S/C23H15F3N4O4S/c1-27-23(31)22-14-5-4-13(19(25)21(14)28-29-22)18-15(24)6-7-16(20(18)26)30-35(32,33)12-3-2-11-8-9-34-17(11)10-12/h2-10,30H,1H3,(H,27,31)(H,28,29). The van der Waals surface area contributed by atoms with Crippen LogP contribution in [0.2, 0.25) is 0 Å². The second-order valence-corrected chi connectivity index (χ2v) is 9.19. The van der Waals surface area contributed by atoms with Crippen LogP contribution in [0.15, 0.2) is 64.1 Å². The average molecular weight is 500 g/mol. The number of halogens is 3. The van der Waals surface area contributed by atoms with Crippen LogP contribution in [-0.4, -0.2) is 31.6 Å². The predicted octanol–water partition coefficient (Wildman–Crippen LogP) is 4.55. The van der Waals surface area contributed by atoms with E-state index in [0.29, 0.717) is 11.0 Å². The zero-order valence-electron chi connectivity index (χ0n) is 17.8. The number of benzene rings is 3. The van der Waals surface area contributed by atoms with Crippen molar-refractivity contribution in [1.29, 1.82) is 0 Å². The Bertz CT molecular complexity index is 1740. The second kappa shape index (κ2) is 8.17. The molecule has 1 amide bonds. The van der Waals surface area contributed by atoms with Crippen molar-refractivity contribution in [2.75, 3.05) is 11.8 Å². The Labute approximate surface area is 195 Å². The van der Waals surface area contributed by atoms with Crippen molar-refractivity contribution in [3.8, 4) is 11.1 Å². The van der Waals surface area contributed by atoms with Gasteiger partial charge in [-0.25, -0.2) is 21.6 Å². The number of furan rings is 1. The summed E-state index contributed by atoms with van der Waals surface area (Å²) in [5, 5.41) is 9.29. The number of aromatic amines is 1. The highest BCUT2D eigenvalue weighted by atomic mass is 32.2. The van der Waals surface area contributed by atoms with Gasteiger partial charge in [0.1, 0.15) is 22.6 Å². The van der Waals surface area contributed by atoms with Crippen LogP contribution < -0.4 is 10.0 Å². The Morgan fingerprint density at radius 2 is 1.83 bits per heavy atom. The van der Waals surface area contributed by atoms with E-state index in [0.717, 1.165) is 18.2 Å². The fourth-order valence-electron chi connectivity index (χ4n) is 3.72. The number of carbonyl (C=O) groups is 1. The molecule has 0 aliphatic rings. The monoisotopic (exact) mass is 500 g/mol. The molecule has 3 aromatic carbocycles. The van der Waals surface area contributed by atoms with Crippen molar-refractivity contribution < 1.29 is 30.8 Å². The molecule has 35 heavy (non-hydrogen) atoms. The molecule has 3 N–H and O–H groups in total. The molecule has 2 aromatic heterocycles. The summed E-state index contributed by atoms with van der Waals surface area (Å²) in [6.45, 7) is 0. The lowest BCUT2D eigenvalue weighted by atomic mass is 10.0. The van der Waals surface area contributed by atoms with Crippen molar-refractivity contribution in [2.24, 2.45) is 0 Å². The molecule has 12 heteroatoms. The van der Waals surface area contributed by atoms with Gasteiger partial charge in [-0.2, -0.15) is 5.10 Å². The largest absolute Gasteiger partial charge is 0.464 e. The van der Waals surface area contributed by atoms with Gasteiger partial charge in [-0.05, 0) is 36.4 Å². The maximum absolute atomic E-state index is 15.4. The zero-order chi connectivity index (χ0) is 24.9. The number of carbonyl (C=O) groups excluding carboxylic acids is 1. The van der Waals surface area contributed by atoms with Gasteiger partial charge in [0, 0.05) is 29.4 Å². The first-order valence-corrected chi connectivity index (χ1v) is 11.6. The summed E-state index contributed by atoms with van der Waals surface area (Å²) >= 11 is 0. The van der Waals surface area contributed by atoms with Gasteiger partial charge in [-0.3, -0.25) is 14.6 Å². The fourth-order valence-corrected chi connectivity index (χ4v) is 4.80. The molecule has 0 aliphatic heterocycles. The van der Waals surface area contributed by atoms with E-state index in [4.69, 9.17) is 4.42 Å². The van der Waals surface area contributed by atoms with E-state index in [-0.39, 0.29) is 21.5 Å². The molecule has 5 aromatic rings. The first kappa shape index (κ1) is 22.5. The van der Waals surface area contributed by atoms with Gasteiger partial charge >= 0.3 is 0 Å². The van der Waals surface area contributed by atoms with Crippen LogP contribution in [0.3, 0.4) is 0 Å². The van der Waals surface area contributed by atoms with Crippen LogP contribution in [0.25, 0.3) is 33.0 Å². The molecular formula is C23H15F3N4O4S. The number of hydrogen-bond donors (Lipinski definition) is 3. The number of rotatable bonds is 5. The Morgan fingerprint density at radius 1 is 1.03 bits per heavy atom. The van der Waals surface area contributed by atoms with Crippen LogP contribution in [0, 0.1) is 17.5 Å². The van der Waals surface area contributed by atoms with E-state index in [1.807, 2.05) is 0 Å². The Hall–Kier alpha value is -4.32. The molecule has 0 atom stereocenters. The molecule has 0 spiro atoms. The average Bonchev–Trinajstić information content (AvgIpc) is 3.49. The minimum atomic E-state index is -4.30. The topological polar surface area (TPSA) is 117 Å². The summed E-state index contributed by atoms with van der Waals surface area (Å²) in [5.41, 5.74) is -1.91. The van der Waals surface area contributed by atoms with Crippen LogP contribution in [0.4, 0.5) is 18.9 Å². The van der Waals surface area contributed by atoms with E-state index < -0.39 is 50.2 Å². The summed E-state index contributed by atoms with van der Waals surface area (Å²) in [5.74, 6) is -4.09. The SMILES string of the molecule is CNC(=O)c1[nH]nc2c(F)c(-c3c(F)ccc(NS(=O)(=O)c4ccc5ccoc5c4)c3F)ccc12. The molecule has 0 radical (unpaired) electrons. The highest BCUT2D eigenvalue weighted by molar-refractivity contribution is 7.92. The first-order valence-electron chi connectivity index (χ1n) is 10.1. The van der Waals surface area contributed by atoms with Crippen molar-refractivity contribution in [1.82, 2.24) is 15.5 Å². The summed E-state index contributed by atoms with van der Waals surface area (Å²) < 4.78 is 78.3. The quantitative estimate of drug-likeness (QED) is 0.327. The Kier molecular flexibility index (Phi) is 5.24. The number of anilines is 1. The maximum atomic E-state index is 15.4. The number of fused-ring (bicyclic) bond motifs is 2. The second-order valence-electron chi connectivity index (χ2n) is 7.51. The van der Waals surface area contributed by atoms with Crippen molar-refractivity contribution in [2.45, 2.75) is 4.90 Å². The minimum Gasteiger partial charge on any atom is -0.464 e. The molecule has 0 saturated carbocycles. The molecule has 0 aliphatic carbocycles. The molecule has 0 unspecified atom stereocenters. The van der Waals surface area contributed by atoms with E-state index in [1.165, 1.54) is 37.6 Å². The van der Waals surface area contributed by atoms with Crippen LogP contribution in [-0.2, 0) is 10.0 Å². The number of nitrogens with one attached hydrogen (secondary N) is 3. The number of hydrogen-bond acceptors (Lipinski definition) is 5. The van der Waals surface area contributed by atoms with Gasteiger partial charge in [0.05, 0.1) is 22.4 Å². The maximum Gasteiger partial charge on any atom is 0.269 e. The number of amides is 1. The lowest BCUT2D eigenvalue weighted by Gasteiger charge is -2.13. The lowest BCUT2D eigenvalue weighted by molar-refractivity contribution is 0.0959. The number of aromatic nitrogens is 2. The fraction of sp³-hybridized carbons (Fsp3) is 0.0435. The van der Waals surface area contributed by atoms with Gasteiger partial charge in [-0.15, -0.1) is 0 Å². The number of sulfonamides is 1. The zero-order valence-corrected chi connectivity index (χ0v) is 18.6. The van der Waals surface area contributed by atoms with Crippen molar-refractivity contribution in [3.63, 3.8) is 0 Å². The molecule has 5 rings (SSSR count). The summed E-state index contributed by atoms with van der Waals surface area (Å²) in [6, 6.07) is 9.81. The molecule has 0 saturated heterocycles. The predicted molar refractivity (Wildman–Crippen MR) is 122 cm³/mol. The molecule has 0 bridgehead atoms. The van der Waals surface area contributed by atoms with E-state index in [9.17, 15) is 17.6 Å². The minimum absolute atomic E-state index is 0.0241. The van der Waals surface area contributed by atoms with Gasteiger partial charge in [0.2, 0.25) is 0 Å². The van der Waals surface area contributed by atoms with E-state index in [1.54, 1.807) is 6.07 Å². The smallest absolute Gasteiger partial charge is 0.269 e. The van der Waals surface area contributed by atoms with Crippen molar-refractivity contribution in [3.05, 3.63) is 77.9 Å². The Morgan fingerprint density at radius 3 is 2.60 bits per heavy atom. The van der Waals surface area contributed by atoms with Gasteiger partial charge in [0.15, 0.2) is 11.6 Å². The summed E-state index contributed by atoms with van der Waals surface area (Å²) in [6.07, 6.45) is 1.39. The van der Waals surface area contributed by atoms with Crippen LogP contribution >= 0.6 is 0 Å². The highest BCUT2D eigenvalue weighted by Gasteiger charge is 2.25. The molecule has 0 fully saturated rings. The molecule has 178 valence electrons. The molecular weight excluding hydrogens is 485 g/mol. The van der Waals surface area contributed by atoms with Gasteiger partial charge < -0.3 is 9.73 Å². The number of H-pyrrole nitrogens is 1. The molecule has 8 nitrogen and oxygen atoms in total.